The van der Waals surface area contributed by atoms with E-state index >= 15 is 0 Å². The molecular formula is C20H23NO4S. The molecule has 0 radical (unpaired) electrons. The minimum absolute atomic E-state index is 0.0953. The molecule has 0 spiro atoms. The average Bonchev–Trinajstić information content (AvgIpc) is 3.02. The number of nitrogens with zero attached hydrogens (tertiary/aromatic N) is 1. The van der Waals surface area contributed by atoms with Crippen molar-refractivity contribution in [2.75, 3.05) is 18.1 Å². The van der Waals surface area contributed by atoms with Crippen LogP contribution in [-0.4, -0.2) is 36.6 Å². The summed E-state index contributed by atoms with van der Waals surface area (Å²) < 4.78 is 29.9. The first-order valence-electron chi connectivity index (χ1n) is 9.04. The molecule has 5 nitrogen and oxygen atoms in total. The summed E-state index contributed by atoms with van der Waals surface area (Å²) >= 11 is 0. The minimum atomic E-state index is -3.09. The van der Waals surface area contributed by atoms with Gasteiger partial charge in [-0.2, -0.15) is 0 Å². The molecule has 1 aromatic carbocycles. The Morgan fingerprint density at radius 1 is 1.27 bits per heavy atom. The smallest absolute Gasteiger partial charge is 0.150 e. The highest BCUT2D eigenvalue weighted by atomic mass is 32.2. The van der Waals surface area contributed by atoms with E-state index < -0.39 is 9.84 Å². The van der Waals surface area contributed by atoms with Gasteiger partial charge in [-0.25, -0.2) is 8.42 Å². The Morgan fingerprint density at radius 2 is 2.12 bits per heavy atom. The van der Waals surface area contributed by atoms with Crippen LogP contribution in [0.15, 0.2) is 30.6 Å². The van der Waals surface area contributed by atoms with Crippen LogP contribution in [0.3, 0.4) is 0 Å². The van der Waals surface area contributed by atoms with E-state index in [2.05, 4.69) is 11.1 Å². The van der Waals surface area contributed by atoms with E-state index in [-0.39, 0.29) is 23.5 Å². The van der Waals surface area contributed by atoms with E-state index in [9.17, 15) is 13.5 Å². The van der Waals surface area contributed by atoms with Crippen LogP contribution >= 0.6 is 0 Å². The summed E-state index contributed by atoms with van der Waals surface area (Å²) in [6, 6.07) is 6.12. The van der Waals surface area contributed by atoms with Crippen molar-refractivity contribution in [3.63, 3.8) is 0 Å². The molecule has 2 atom stereocenters. The summed E-state index contributed by atoms with van der Waals surface area (Å²) in [7, 11) is -3.09. The molecule has 1 aliphatic heterocycles. The van der Waals surface area contributed by atoms with E-state index in [4.69, 9.17) is 4.74 Å². The maximum absolute atomic E-state index is 12.1. The fourth-order valence-electron chi connectivity index (χ4n) is 3.98. The summed E-state index contributed by atoms with van der Waals surface area (Å²) in [5, 5.41) is 10.0. The number of aliphatic hydroxyl groups excluding tert-OH is 1. The first-order valence-corrected chi connectivity index (χ1v) is 10.9. The molecule has 2 heterocycles. The standard InChI is InChI=1S/C20H23NO4S/c1-2-26(23,24)12-15-10-25-11-19-17(8-21-9-18(15)19)14-3-5-16-13(7-14)4-6-20(16)22/h3,5,7-9,15,20,22H,2,4,6,10-12H2,1H3. The van der Waals surface area contributed by atoms with Crippen LogP contribution in [0.5, 0.6) is 0 Å². The van der Waals surface area contributed by atoms with Gasteiger partial charge in [0.2, 0.25) is 0 Å². The SMILES string of the molecule is CCS(=O)(=O)CC1COCc2c(-c3ccc4c(c3)CCC4O)cncc21. The number of aliphatic hydroxyl groups is 1. The Hall–Kier alpha value is -1.76. The van der Waals surface area contributed by atoms with Gasteiger partial charge in [-0.3, -0.25) is 4.98 Å². The second kappa shape index (κ2) is 6.76. The lowest BCUT2D eigenvalue weighted by Crippen LogP contribution is -2.25. The molecule has 0 amide bonds. The van der Waals surface area contributed by atoms with Gasteiger partial charge in [0.1, 0.15) is 0 Å². The lowest BCUT2D eigenvalue weighted by molar-refractivity contribution is 0.0958. The summed E-state index contributed by atoms with van der Waals surface area (Å²) in [6.45, 7) is 2.55. The van der Waals surface area contributed by atoms with Crippen LogP contribution in [0, 0.1) is 0 Å². The van der Waals surface area contributed by atoms with Gasteiger partial charge in [0.25, 0.3) is 0 Å². The summed E-state index contributed by atoms with van der Waals surface area (Å²) in [4.78, 5) is 4.39. The number of aryl methyl sites for hydroxylation is 1. The van der Waals surface area contributed by atoms with Crippen molar-refractivity contribution in [1.29, 1.82) is 0 Å². The topological polar surface area (TPSA) is 76.5 Å². The first kappa shape index (κ1) is 17.6. The molecule has 4 rings (SSSR count). The summed E-state index contributed by atoms with van der Waals surface area (Å²) in [5.41, 5.74) is 6.23. The van der Waals surface area contributed by atoms with Crippen LogP contribution in [0.25, 0.3) is 11.1 Å². The van der Waals surface area contributed by atoms with E-state index in [0.29, 0.717) is 13.2 Å². The van der Waals surface area contributed by atoms with Crippen LogP contribution in [0.4, 0.5) is 0 Å². The maximum Gasteiger partial charge on any atom is 0.150 e. The van der Waals surface area contributed by atoms with Crippen LogP contribution < -0.4 is 0 Å². The van der Waals surface area contributed by atoms with Gasteiger partial charge in [0, 0.05) is 29.6 Å². The molecule has 2 unspecified atom stereocenters. The number of ether oxygens (including phenoxy) is 1. The molecule has 1 N–H and O–H groups in total. The quantitative estimate of drug-likeness (QED) is 0.892. The predicted molar refractivity (Wildman–Crippen MR) is 99.7 cm³/mol. The third-order valence-electron chi connectivity index (χ3n) is 5.49. The molecular weight excluding hydrogens is 350 g/mol. The van der Waals surface area contributed by atoms with Crippen LogP contribution in [0.1, 0.15) is 47.6 Å². The highest BCUT2D eigenvalue weighted by Gasteiger charge is 2.28. The van der Waals surface area contributed by atoms with Gasteiger partial charge in [-0.05, 0) is 40.7 Å². The fraction of sp³-hybridized carbons (Fsp3) is 0.450. The first-order chi connectivity index (χ1) is 12.5. The van der Waals surface area contributed by atoms with Gasteiger partial charge in [-0.15, -0.1) is 0 Å². The minimum Gasteiger partial charge on any atom is -0.388 e. The average molecular weight is 373 g/mol. The Bertz CT molecular complexity index is 939. The monoisotopic (exact) mass is 373 g/mol. The highest BCUT2D eigenvalue weighted by molar-refractivity contribution is 7.91. The second-order valence-electron chi connectivity index (χ2n) is 7.13. The van der Waals surface area contributed by atoms with Crippen LogP contribution in [-0.2, 0) is 27.6 Å². The lowest BCUT2D eigenvalue weighted by Gasteiger charge is -2.27. The Labute approximate surface area is 154 Å². The number of hydrogen-bond donors (Lipinski definition) is 1. The molecule has 1 aliphatic carbocycles. The summed E-state index contributed by atoms with van der Waals surface area (Å²) in [5.74, 6) is 0.0595. The van der Waals surface area contributed by atoms with Crippen molar-refractivity contribution in [3.8, 4) is 11.1 Å². The molecule has 0 saturated carbocycles. The Balaban J connectivity index is 1.74. The highest BCUT2D eigenvalue weighted by Crippen LogP contribution is 2.38. The molecule has 0 bridgehead atoms. The number of benzene rings is 1. The number of pyridine rings is 1. The largest absolute Gasteiger partial charge is 0.388 e. The van der Waals surface area contributed by atoms with Crippen molar-refractivity contribution >= 4 is 9.84 Å². The zero-order valence-electron chi connectivity index (χ0n) is 14.8. The third-order valence-corrected chi connectivity index (χ3v) is 7.28. The zero-order valence-corrected chi connectivity index (χ0v) is 15.6. The normalized spacial score (nSPS) is 22.1. The second-order valence-corrected chi connectivity index (χ2v) is 9.53. The van der Waals surface area contributed by atoms with E-state index in [1.54, 1.807) is 13.1 Å². The molecule has 26 heavy (non-hydrogen) atoms. The number of rotatable bonds is 4. The fourth-order valence-corrected chi connectivity index (χ4v) is 5.11. The van der Waals surface area contributed by atoms with Gasteiger partial charge < -0.3 is 9.84 Å². The lowest BCUT2D eigenvalue weighted by atomic mass is 9.90. The van der Waals surface area contributed by atoms with Crippen molar-refractivity contribution in [2.24, 2.45) is 0 Å². The summed E-state index contributed by atoms with van der Waals surface area (Å²) in [6.07, 6.45) is 4.89. The molecule has 2 aromatic rings. The van der Waals surface area contributed by atoms with E-state index in [1.165, 1.54) is 5.56 Å². The van der Waals surface area contributed by atoms with Crippen LogP contribution in [0.2, 0.25) is 0 Å². The number of aromatic nitrogens is 1. The molecule has 1 aromatic heterocycles. The van der Waals surface area contributed by atoms with Gasteiger partial charge >= 0.3 is 0 Å². The van der Waals surface area contributed by atoms with Crippen molar-refractivity contribution < 1.29 is 18.3 Å². The zero-order chi connectivity index (χ0) is 18.3. The molecule has 138 valence electrons. The van der Waals surface area contributed by atoms with Gasteiger partial charge in [-0.1, -0.05) is 25.1 Å². The number of fused-ring (bicyclic) bond motifs is 2. The molecule has 0 saturated heterocycles. The molecule has 6 heteroatoms. The van der Waals surface area contributed by atoms with Gasteiger partial charge in [0.05, 0.1) is 25.1 Å². The molecule has 0 fully saturated rings. The van der Waals surface area contributed by atoms with E-state index in [1.807, 2.05) is 18.3 Å². The Morgan fingerprint density at radius 3 is 2.92 bits per heavy atom. The van der Waals surface area contributed by atoms with Crippen molar-refractivity contribution in [1.82, 2.24) is 4.98 Å². The predicted octanol–water partition coefficient (Wildman–Crippen LogP) is 2.78. The van der Waals surface area contributed by atoms with Gasteiger partial charge in [0.15, 0.2) is 9.84 Å². The molecule has 2 aliphatic rings. The number of sulfone groups is 1. The number of hydrogen-bond acceptors (Lipinski definition) is 5. The third kappa shape index (κ3) is 3.17. The van der Waals surface area contributed by atoms with Crippen molar-refractivity contribution in [3.05, 3.63) is 52.8 Å². The van der Waals surface area contributed by atoms with E-state index in [0.717, 1.165) is 40.7 Å². The Kier molecular flexibility index (Phi) is 4.59. The maximum atomic E-state index is 12.1. The van der Waals surface area contributed by atoms with Crippen molar-refractivity contribution in [2.45, 2.75) is 38.4 Å².